The third kappa shape index (κ3) is 2.52. The second kappa shape index (κ2) is 5.08. The van der Waals surface area contributed by atoms with Crippen molar-refractivity contribution in [3.8, 4) is 5.75 Å². The number of ether oxygens (including phenoxy) is 1. The lowest BCUT2D eigenvalue weighted by atomic mass is 9.91. The molecule has 2 rings (SSSR count). The highest BCUT2D eigenvalue weighted by Gasteiger charge is 2.16. The third-order valence-corrected chi connectivity index (χ3v) is 3.19. The second-order valence-electron chi connectivity index (χ2n) is 4.39. The first-order valence-corrected chi connectivity index (χ1v) is 5.97. The first kappa shape index (κ1) is 11.8. The van der Waals surface area contributed by atoms with E-state index >= 15 is 0 Å². The molecular weight excluding hydrogens is 216 g/mol. The van der Waals surface area contributed by atoms with Gasteiger partial charge in [0.1, 0.15) is 5.75 Å². The Hall–Kier alpha value is -1.71. The van der Waals surface area contributed by atoms with Gasteiger partial charge >= 0.3 is 0 Å². The van der Waals surface area contributed by atoms with Crippen molar-refractivity contribution in [1.82, 2.24) is 0 Å². The van der Waals surface area contributed by atoms with Gasteiger partial charge in [0.15, 0.2) is 11.9 Å². The van der Waals surface area contributed by atoms with Crippen LogP contribution in [-0.2, 0) is 12.8 Å². The molecule has 1 atom stereocenters. The largest absolute Gasteiger partial charge is 0.482 e. The first-order valence-electron chi connectivity index (χ1n) is 5.97. The molecule has 0 heterocycles. The minimum Gasteiger partial charge on any atom is -0.482 e. The van der Waals surface area contributed by atoms with Crippen molar-refractivity contribution in [3.63, 3.8) is 0 Å². The van der Waals surface area contributed by atoms with Crippen molar-refractivity contribution in [2.45, 2.75) is 38.7 Å². The fraction of sp³-hybridized carbons (Fsp3) is 0.462. The summed E-state index contributed by atoms with van der Waals surface area (Å²) in [5.74, 6) is 0.958. The zero-order chi connectivity index (χ0) is 12.3. The predicted octanol–water partition coefficient (Wildman–Crippen LogP) is 2.08. The van der Waals surface area contributed by atoms with Crippen molar-refractivity contribution >= 4 is 5.84 Å². The average Bonchev–Trinajstić information content (AvgIpc) is 2.38. The van der Waals surface area contributed by atoms with Gasteiger partial charge < -0.3 is 15.7 Å². The highest BCUT2D eigenvalue weighted by Crippen LogP contribution is 2.30. The summed E-state index contributed by atoms with van der Waals surface area (Å²) < 4.78 is 5.75. The van der Waals surface area contributed by atoms with Crippen LogP contribution in [0.25, 0.3) is 0 Å². The first-order chi connectivity index (χ1) is 8.22. The lowest BCUT2D eigenvalue weighted by Crippen LogP contribution is -2.31. The minimum atomic E-state index is -0.409. The van der Waals surface area contributed by atoms with Gasteiger partial charge in [0.2, 0.25) is 0 Å². The summed E-state index contributed by atoms with van der Waals surface area (Å²) in [6, 6.07) is 6.10. The summed E-state index contributed by atoms with van der Waals surface area (Å²) >= 11 is 0. The topological polar surface area (TPSA) is 67.8 Å². The van der Waals surface area contributed by atoms with Crippen LogP contribution in [0.1, 0.15) is 30.9 Å². The molecule has 0 radical (unpaired) electrons. The number of nitrogens with zero attached hydrogens (tertiary/aromatic N) is 1. The zero-order valence-corrected chi connectivity index (χ0v) is 10.0. The van der Waals surface area contributed by atoms with E-state index in [2.05, 4.69) is 11.2 Å². The van der Waals surface area contributed by atoms with Crippen LogP contribution in [0.3, 0.4) is 0 Å². The molecule has 17 heavy (non-hydrogen) atoms. The molecule has 0 fully saturated rings. The molecule has 4 nitrogen and oxygen atoms in total. The van der Waals surface area contributed by atoms with Crippen LogP contribution >= 0.6 is 0 Å². The molecule has 3 N–H and O–H groups in total. The number of aryl methyl sites for hydroxylation is 1. The van der Waals surface area contributed by atoms with E-state index in [1.807, 2.05) is 12.1 Å². The third-order valence-electron chi connectivity index (χ3n) is 3.19. The summed E-state index contributed by atoms with van der Waals surface area (Å²) in [5, 5.41) is 11.6. The van der Waals surface area contributed by atoms with Crippen LogP contribution in [0.4, 0.5) is 0 Å². The molecule has 0 spiro atoms. The van der Waals surface area contributed by atoms with Gasteiger partial charge in [-0.3, -0.25) is 0 Å². The van der Waals surface area contributed by atoms with E-state index in [9.17, 15) is 0 Å². The maximum absolute atomic E-state index is 8.60. The number of nitrogens with two attached hydrogens (primary N) is 1. The van der Waals surface area contributed by atoms with Gasteiger partial charge in [-0.2, -0.15) is 0 Å². The maximum Gasteiger partial charge on any atom is 0.180 e. The van der Waals surface area contributed by atoms with E-state index in [1.165, 1.54) is 24.0 Å². The van der Waals surface area contributed by atoms with Gasteiger partial charge in [0.25, 0.3) is 0 Å². The predicted molar refractivity (Wildman–Crippen MR) is 66.6 cm³/mol. The molecule has 0 aromatic heterocycles. The van der Waals surface area contributed by atoms with E-state index in [-0.39, 0.29) is 5.84 Å². The van der Waals surface area contributed by atoms with Crippen molar-refractivity contribution in [2.75, 3.05) is 0 Å². The minimum absolute atomic E-state index is 0.0958. The smallest absolute Gasteiger partial charge is 0.180 e. The molecule has 1 aromatic rings. The fourth-order valence-corrected chi connectivity index (χ4v) is 2.19. The Morgan fingerprint density at radius 1 is 1.41 bits per heavy atom. The lowest BCUT2D eigenvalue weighted by Gasteiger charge is -2.21. The van der Waals surface area contributed by atoms with Crippen LogP contribution in [0.2, 0.25) is 0 Å². The number of amidine groups is 1. The molecule has 1 aromatic carbocycles. The summed E-state index contributed by atoms with van der Waals surface area (Å²) in [7, 11) is 0. The maximum atomic E-state index is 8.60. The van der Waals surface area contributed by atoms with Crippen molar-refractivity contribution in [1.29, 1.82) is 0 Å². The quantitative estimate of drug-likeness (QED) is 0.364. The molecular formula is C13H18N2O2. The van der Waals surface area contributed by atoms with Gasteiger partial charge in [-0.15, -0.1) is 0 Å². The number of oxime groups is 1. The fourth-order valence-electron chi connectivity index (χ4n) is 2.19. The Bertz CT molecular complexity index is 429. The highest BCUT2D eigenvalue weighted by atomic mass is 16.5. The Kier molecular flexibility index (Phi) is 3.52. The van der Waals surface area contributed by atoms with Crippen molar-refractivity contribution in [2.24, 2.45) is 10.9 Å². The van der Waals surface area contributed by atoms with Gasteiger partial charge in [0, 0.05) is 0 Å². The molecule has 1 aliphatic carbocycles. The Labute approximate surface area is 101 Å². The number of rotatable bonds is 3. The van der Waals surface area contributed by atoms with Gasteiger partial charge in [-0.1, -0.05) is 17.3 Å². The van der Waals surface area contributed by atoms with E-state index < -0.39 is 6.10 Å². The Morgan fingerprint density at radius 3 is 2.94 bits per heavy atom. The number of hydrogen-bond donors (Lipinski definition) is 2. The molecule has 0 aliphatic heterocycles. The molecule has 0 saturated carbocycles. The number of hydrogen-bond acceptors (Lipinski definition) is 3. The van der Waals surface area contributed by atoms with E-state index in [1.54, 1.807) is 6.92 Å². The summed E-state index contributed by atoms with van der Waals surface area (Å²) in [6.45, 7) is 1.78. The van der Waals surface area contributed by atoms with Crippen LogP contribution in [0, 0.1) is 0 Å². The molecule has 92 valence electrons. The molecule has 0 amide bonds. The SMILES string of the molecule is CC(Oc1cccc2c1CCCC2)C(N)=NO. The van der Waals surface area contributed by atoms with Crippen LogP contribution in [-0.4, -0.2) is 17.1 Å². The molecule has 0 saturated heterocycles. The summed E-state index contributed by atoms with van der Waals surface area (Å²) in [6.07, 6.45) is 4.20. The van der Waals surface area contributed by atoms with Crippen LogP contribution < -0.4 is 10.5 Å². The molecule has 1 aliphatic rings. The normalized spacial score (nSPS) is 17.4. The lowest BCUT2D eigenvalue weighted by molar-refractivity contribution is 0.263. The monoisotopic (exact) mass is 234 g/mol. The van der Waals surface area contributed by atoms with Gasteiger partial charge in [0.05, 0.1) is 0 Å². The van der Waals surface area contributed by atoms with E-state index in [4.69, 9.17) is 15.7 Å². The van der Waals surface area contributed by atoms with E-state index in [0.717, 1.165) is 18.6 Å². The Morgan fingerprint density at radius 2 is 2.18 bits per heavy atom. The highest BCUT2D eigenvalue weighted by molar-refractivity contribution is 5.84. The van der Waals surface area contributed by atoms with Crippen LogP contribution in [0.15, 0.2) is 23.4 Å². The summed E-state index contributed by atoms with van der Waals surface area (Å²) in [5.41, 5.74) is 8.15. The summed E-state index contributed by atoms with van der Waals surface area (Å²) in [4.78, 5) is 0. The average molecular weight is 234 g/mol. The standard InChI is InChI=1S/C13H18N2O2/c1-9(13(14)15-16)17-12-8-4-6-10-5-2-3-7-11(10)12/h4,6,8-9,16H,2-3,5,7H2,1H3,(H2,14,15). The Balaban J connectivity index is 2.21. The molecule has 4 heteroatoms. The van der Waals surface area contributed by atoms with Crippen LogP contribution in [0.5, 0.6) is 5.75 Å². The molecule has 1 unspecified atom stereocenters. The van der Waals surface area contributed by atoms with Crippen molar-refractivity contribution in [3.05, 3.63) is 29.3 Å². The van der Waals surface area contributed by atoms with Gasteiger partial charge in [-0.25, -0.2) is 0 Å². The number of fused-ring (bicyclic) bond motifs is 1. The number of benzene rings is 1. The van der Waals surface area contributed by atoms with E-state index in [0.29, 0.717) is 0 Å². The second-order valence-corrected chi connectivity index (χ2v) is 4.39. The van der Waals surface area contributed by atoms with Crippen molar-refractivity contribution < 1.29 is 9.94 Å². The molecule has 0 bridgehead atoms. The zero-order valence-electron chi connectivity index (χ0n) is 10.0. The van der Waals surface area contributed by atoms with Gasteiger partial charge in [-0.05, 0) is 49.8 Å².